The maximum absolute atomic E-state index is 13.0. The highest BCUT2D eigenvalue weighted by molar-refractivity contribution is 6.39. The molecule has 0 bridgehead atoms. The van der Waals surface area contributed by atoms with Gasteiger partial charge in [-0.3, -0.25) is 9.59 Å². The average molecular weight is 338 g/mol. The number of halogens is 1. The van der Waals surface area contributed by atoms with Gasteiger partial charge >= 0.3 is 11.8 Å². The molecule has 2 amide bonds. The van der Waals surface area contributed by atoms with Crippen LogP contribution in [0, 0.1) is 5.82 Å². The van der Waals surface area contributed by atoms with Crippen LogP contribution in [0.4, 0.5) is 10.1 Å². The lowest BCUT2D eigenvalue weighted by Crippen LogP contribution is -2.36. The van der Waals surface area contributed by atoms with Crippen LogP contribution in [0.2, 0.25) is 0 Å². The fourth-order valence-corrected chi connectivity index (χ4v) is 2.50. The number of anilines is 1. The number of rotatable bonds is 3. The molecule has 6 nitrogen and oxygen atoms in total. The third-order valence-electron chi connectivity index (χ3n) is 3.98. The van der Waals surface area contributed by atoms with Gasteiger partial charge in [-0.05, 0) is 55.3 Å². The molecule has 25 heavy (non-hydrogen) atoms. The lowest BCUT2D eigenvalue weighted by Gasteiger charge is -2.05. The third-order valence-corrected chi connectivity index (χ3v) is 3.98. The number of carbonyl (C=O) groups is 2. The first-order valence-corrected chi connectivity index (χ1v) is 7.96. The number of amides is 2. The van der Waals surface area contributed by atoms with Crippen molar-refractivity contribution in [2.45, 2.75) is 18.9 Å². The summed E-state index contributed by atoms with van der Waals surface area (Å²) in [5.41, 5.74) is 2.67. The number of aromatic amines is 1. The molecule has 1 saturated carbocycles. The number of hydrogen-bond donors (Lipinski definition) is 3. The highest BCUT2D eigenvalue weighted by Crippen LogP contribution is 2.23. The third kappa shape index (κ3) is 3.35. The second kappa shape index (κ2) is 6.01. The van der Waals surface area contributed by atoms with Gasteiger partial charge in [0.25, 0.3) is 0 Å². The van der Waals surface area contributed by atoms with E-state index in [2.05, 4.69) is 20.6 Å². The van der Waals surface area contributed by atoms with Crippen molar-refractivity contribution in [2.75, 3.05) is 5.32 Å². The first-order chi connectivity index (χ1) is 12.1. The molecule has 1 fully saturated rings. The summed E-state index contributed by atoms with van der Waals surface area (Å²) in [4.78, 5) is 31.2. The Bertz CT molecular complexity index is 961. The Hall–Kier alpha value is -3.22. The van der Waals surface area contributed by atoms with Crippen molar-refractivity contribution in [3.63, 3.8) is 0 Å². The Balaban J connectivity index is 1.54. The topological polar surface area (TPSA) is 86.9 Å². The summed E-state index contributed by atoms with van der Waals surface area (Å²) in [7, 11) is 0. The molecule has 1 heterocycles. The van der Waals surface area contributed by atoms with Gasteiger partial charge in [-0.25, -0.2) is 9.37 Å². The van der Waals surface area contributed by atoms with Crippen LogP contribution in [-0.2, 0) is 9.59 Å². The van der Waals surface area contributed by atoms with Crippen molar-refractivity contribution in [1.82, 2.24) is 15.3 Å². The quantitative estimate of drug-likeness (QED) is 0.642. The second-order valence-electron chi connectivity index (χ2n) is 6.03. The molecule has 0 atom stereocenters. The molecule has 4 rings (SSSR count). The molecule has 1 aliphatic carbocycles. The molecule has 2 aromatic carbocycles. The number of hydrogen-bond acceptors (Lipinski definition) is 3. The van der Waals surface area contributed by atoms with Crippen LogP contribution in [-0.4, -0.2) is 27.8 Å². The van der Waals surface area contributed by atoms with E-state index in [4.69, 9.17) is 0 Å². The van der Waals surface area contributed by atoms with Crippen LogP contribution in [0.25, 0.3) is 22.4 Å². The molecule has 126 valence electrons. The molecule has 0 spiro atoms. The fourth-order valence-electron chi connectivity index (χ4n) is 2.50. The number of imidazole rings is 1. The molecule has 3 N–H and O–H groups in total. The first-order valence-electron chi connectivity index (χ1n) is 7.96. The van der Waals surface area contributed by atoms with Gasteiger partial charge in [0, 0.05) is 17.3 Å². The first kappa shape index (κ1) is 15.3. The monoisotopic (exact) mass is 338 g/mol. The minimum Gasteiger partial charge on any atom is -0.345 e. The van der Waals surface area contributed by atoms with Gasteiger partial charge in [0.15, 0.2) is 0 Å². The highest BCUT2D eigenvalue weighted by Gasteiger charge is 2.26. The van der Waals surface area contributed by atoms with E-state index < -0.39 is 11.8 Å². The smallest absolute Gasteiger partial charge is 0.313 e. The predicted molar refractivity (Wildman–Crippen MR) is 91.3 cm³/mol. The number of carbonyl (C=O) groups excluding carboxylic acids is 2. The zero-order chi connectivity index (χ0) is 17.4. The van der Waals surface area contributed by atoms with Crippen LogP contribution in [0.15, 0.2) is 42.5 Å². The van der Waals surface area contributed by atoms with Gasteiger partial charge in [-0.15, -0.1) is 0 Å². The van der Waals surface area contributed by atoms with E-state index in [1.54, 1.807) is 30.3 Å². The molecule has 0 unspecified atom stereocenters. The summed E-state index contributed by atoms with van der Waals surface area (Å²) < 4.78 is 13.0. The molecule has 0 saturated heterocycles. The second-order valence-corrected chi connectivity index (χ2v) is 6.03. The van der Waals surface area contributed by atoms with E-state index in [0.717, 1.165) is 18.4 Å². The highest BCUT2D eigenvalue weighted by atomic mass is 19.1. The maximum Gasteiger partial charge on any atom is 0.313 e. The Morgan fingerprint density at radius 1 is 1.08 bits per heavy atom. The molecular weight excluding hydrogens is 323 g/mol. The minimum absolute atomic E-state index is 0.131. The van der Waals surface area contributed by atoms with E-state index in [-0.39, 0.29) is 11.9 Å². The van der Waals surface area contributed by atoms with Crippen molar-refractivity contribution in [3.05, 3.63) is 48.3 Å². The van der Waals surface area contributed by atoms with Gasteiger partial charge in [-0.1, -0.05) is 0 Å². The number of aromatic nitrogens is 2. The fraction of sp³-hybridized carbons (Fsp3) is 0.167. The number of benzene rings is 2. The van der Waals surface area contributed by atoms with Crippen LogP contribution in [0.1, 0.15) is 12.8 Å². The molecular formula is C18H15FN4O2. The van der Waals surface area contributed by atoms with Crippen molar-refractivity contribution in [2.24, 2.45) is 0 Å². The van der Waals surface area contributed by atoms with Crippen LogP contribution in [0.5, 0.6) is 0 Å². The van der Waals surface area contributed by atoms with Gasteiger partial charge in [0.05, 0.1) is 11.0 Å². The SMILES string of the molecule is O=C(Nc1ccc2nc(-c3ccc(F)cc3)[nH]c2c1)C(=O)NC1CC1. The Labute approximate surface area is 142 Å². The molecule has 3 aromatic rings. The predicted octanol–water partition coefficient (Wildman–Crippen LogP) is 2.59. The van der Waals surface area contributed by atoms with Gasteiger partial charge in [0.1, 0.15) is 11.6 Å². The maximum atomic E-state index is 13.0. The summed E-state index contributed by atoms with van der Waals surface area (Å²) >= 11 is 0. The zero-order valence-corrected chi connectivity index (χ0v) is 13.2. The molecule has 1 aliphatic rings. The molecule has 1 aromatic heterocycles. The lowest BCUT2D eigenvalue weighted by atomic mass is 10.2. The average Bonchev–Trinajstić information content (AvgIpc) is 3.31. The molecule has 0 aliphatic heterocycles. The molecule has 7 heteroatoms. The molecule has 0 radical (unpaired) electrons. The Morgan fingerprint density at radius 3 is 2.56 bits per heavy atom. The largest absolute Gasteiger partial charge is 0.345 e. The van der Waals surface area contributed by atoms with Crippen molar-refractivity contribution in [1.29, 1.82) is 0 Å². The number of fused-ring (bicyclic) bond motifs is 1. The van der Waals surface area contributed by atoms with E-state index in [0.29, 0.717) is 22.5 Å². The van der Waals surface area contributed by atoms with Gasteiger partial charge in [-0.2, -0.15) is 0 Å². The summed E-state index contributed by atoms with van der Waals surface area (Å²) in [6.07, 6.45) is 1.84. The van der Waals surface area contributed by atoms with E-state index >= 15 is 0 Å². The Kier molecular flexibility index (Phi) is 3.68. The minimum atomic E-state index is -0.690. The van der Waals surface area contributed by atoms with Gasteiger partial charge < -0.3 is 15.6 Å². The summed E-state index contributed by atoms with van der Waals surface area (Å²) in [5, 5.41) is 5.21. The summed E-state index contributed by atoms with van der Waals surface area (Å²) in [5.74, 6) is -1.02. The van der Waals surface area contributed by atoms with Gasteiger partial charge in [0.2, 0.25) is 0 Å². The van der Waals surface area contributed by atoms with Crippen molar-refractivity contribution < 1.29 is 14.0 Å². The lowest BCUT2D eigenvalue weighted by molar-refractivity contribution is -0.136. The number of nitrogens with zero attached hydrogens (tertiary/aromatic N) is 1. The standard InChI is InChI=1S/C18H15FN4O2/c19-11-3-1-10(2-4-11)16-22-14-8-7-13(9-15(14)23-16)21-18(25)17(24)20-12-5-6-12/h1-4,7-9,12H,5-6H2,(H,20,24)(H,21,25)(H,22,23). The Morgan fingerprint density at radius 2 is 1.84 bits per heavy atom. The van der Waals surface area contributed by atoms with E-state index in [1.165, 1.54) is 12.1 Å². The van der Waals surface area contributed by atoms with Crippen molar-refractivity contribution in [3.8, 4) is 11.4 Å². The summed E-state index contributed by atoms with van der Waals surface area (Å²) in [6, 6.07) is 11.3. The zero-order valence-electron chi connectivity index (χ0n) is 13.2. The van der Waals surface area contributed by atoms with Crippen LogP contribution in [0.3, 0.4) is 0 Å². The number of H-pyrrole nitrogens is 1. The van der Waals surface area contributed by atoms with Crippen molar-refractivity contribution >= 4 is 28.5 Å². The van der Waals surface area contributed by atoms with Crippen LogP contribution >= 0.6 is 0 Å². The van der Waals surface area contributed by atoms with E-state index in [1.807, 2.05) is 0 Å². The summed E-state index contributed by atoms with van der Waals surface area (Å²) in [6.45, 7) is 0. The van der Waals surface area contributed by atoms with E-state index in [9.17, 15) is 14.0 Å². The van der Waals surface area contributed by atoms with Crippen LogP contribution < -0.4 is 10.6 Å². The number of nitrogens with one attached hydrogen (secondary N) is 3. The normalized spacial score (nSPS) is 13.6.